The van der Waals surface area contributed by atoms with Crippen LogP contribution in [0.3, 0.4) is 0 Å². The van der Waals surface area contributed by atoms with E-state index in [4.69, 9.17) is 9.47 Å². The van der Waals surface area contributed by atoms with Gasteiger partial charge < -0.3 is 25.2 Å². The number of methoxy groups -OCH3 is 1. The molecule has 3 rings (SSSR count). The molecule has 8 nitrogen and oxygen atoms in total. The number of carboxylic acid groups (broad SMARTS) is 1. The van der Waals surface area contributed by atoms with Gasteiger partial charge in [-0.05, 0) is 42.5 Å². The summed E-state index contributed by atoms with van der Waals surface area (Å²) in [6, 6.07) is 14.0. The Balaban J connectivity index is 1.71. The van der Waals surface area contributed by atoms with E-state index in [1.807, 2.05) is 43.3 Å². The lowest BCUT2D eigenvalue weighted by Crippen LogP contribution is -2.54. The van der Waals surface area contributed by atoms with Crippen LogP contribution in [-0.4, -0.2) is 54.5 Å². The van der Waals surface area contributed by atoms with Gasteiger partial charge in [0.2, 0.25) is 5.91 Å². The summed E-state index contributed by atoms with van der Waals surface area (Å²) in [5.74, 6) is -1.83. The molecule has 8 heteroatoms. The Bertz CT molecular complexity index is 1020. The number of hydrogen-bond acceptors (Lipinski definition) is 5. The summed E-state index contributed by atoms with van der Waals surface area (Å²) >= 11 is 0. The van der Waals surface area contributed by atoms with Crippen LogP contribution in [0.15, 0.2) is 48.5 Å². The molecule has 0 bridgehead atoms. The first-order valence-corrected chi connectivity index (χ1v) is 11.9. The molecule has 2 atom stereocenters. The molecule has 0 aromatic heterocycles. The molecule has 1 aliphatic rings. The van der Waals surface area contributed by atoms with E-state index in [-0.39, 0.29) is 25.4 Å². The van der Waals surface area contributed by atoms with Gasteiger partial charge in [0.25, 0.3) is 0 Å². The molecule has 2 aromatic rings. The van der Waals surface area contributed by atoms with Gasteiger partial charge in [-0.2, -0.15) is 0 Å². The summed E-state index contributed by atoms with van der Waals surface area (Å²) in [7, 11) is 1.51. The summed E-state index contributed by atoms with van der Waals surface area (Å²) in [6.45, 7) is 5.51. The van der Waals surface area contributed by atoms with Crippen LogP contribution in [0, 0.1) is 0 Å². The van der Waals surface area contributed by atoms with Crippen molar-refractivity contribution < 1.29 is 29.0 Å². The molecule has 2 amide bonds. The Hall–Kier alpha value is -3.39. The van der Waals surface area contributed by atoms with Crippen molar-refractivity contribution in [2.75, 3.05) is 13.7 Å². The van der Waals surface area contributed by atoms with E-state index in [1.165, 1.54) is 7.11 Å². The number of carbonyl (C=O) groups is 3. The van der Waals surface area contributed by atoms with E-state index in [1.54, 1.807) is 13.8 Å². The van der Waals surface area contributed by atoms with Gasteiger partial charge in [0.1, 0.15) is 18.7 Å². The van der Waals surface area contributed by atoms with E-state index < -0.39 is 35.7 Å². The second-order valence-electron chi connectivity index (χ2n) is 9.38. The minimum Gasteiger partial charge on any atom is -0.480 e. The van der Waals surface area contributed by atoms with Crippen LogP contribution in [-0.2, 0) is 19.1 Å². The fourth-order valence-electron chi connectivity index (χ4n) is 4.38. The van der Waals surface area contributed by atoms with Crippen molar-refractivity contribution in [1.29, 1.82) is 0 Å². The van der Waals surface area contributed by atoms with Gasteiger partial charge in [-0.1, -0.05) is 61.9 Å². The number of benzene rings is 2. The molecule has 3 N–H and O–H groups in total. The number of hydrogen-bond donors (Lipinski definition) is 3. The van der Waals surface area contributed by atoms with Gasteiger partial charge in [0.05, 0.1) is 5.60 Å². The summed E-state index contributed by atoms with van der Waals surface area (Å²) in [6.07, 6.45) is 0.261. The number of carbonyl (C=O) groups excluding carboxylic acids is 2. The maximum Gasteiger partial charge on any atom is 0.407 e. The van der Waals surface area contributed by atoms with Crippen molar-refractivity contribution in [2.24, 2.45) is 0 Å². The minimum absolute atomic E-state index is 0.107. The predicted molar refractivity (Wildman–Crippen MR) is 132 cm³/mol. The third kappa shape index (κ3) is 6.39. The molecule has 0 radical (unpaired) electrons. The maximum atomic E-state index is 12.9. The molecule has 0 saturated carbocycles. The SMILES string of the molecule is CCCC(NC(=O)C(CC(C)(C)OC)NC(=O)OCC1c2ccccc2-c2ccccc21)C(=O)O. The lowest BCUT2D eigenvalue weighted by molar-refractivity contribution is -0.142. The van der Waals surface area contributed by atoms with Crippen molar-refractivity contribution in [3.8, 4) is 11.1 Å². The summed E-state index contributed by atoms with van der Waals surface area (Å²) in [4.78, 5) is 37.2. The standard InChI is InChI=1S/C27H34N2O6/c1-5-10-22(25(31)32)28-24(30)23(15-27(2,3)34-4)29-26(33)35-16-21-19-13-8-6-11-17(19)18-12-7-9-14-20(18)21/h6-9,11-14,21-23H,5,10,15-16H2,1-4H3,(H,28,30)(H,29,33)(H,31,32). The number of aliphatic carboxylic acids is 1. The highest BCUT2D eigenvalue weighted by molar-refractivity contribution is 5.89. The van der Waals surface area contributed by atoms with Gasteiger partial charge in [-0.25, -0.2) is 9.59 Å². The summed E-state index contributed by atoms with van der Waals surface area (Å²) in [5.41, 5.74) is 3.67. The topological polar surface area (TPSA) is 114 Å². The Morgan fingerprint density at radius 2 is 1.54 bits per heavy atom. The number of fused-ring (bicyclic) bond motifs is 3. The van der Waals surface area contributed by atoms with E-state index in [9.17, 15) is 19.5 Å². The third-order valence-electron chi connectivity index (χ3n) is 6.39. The van der Waals surface area contributed by atoms with E-state index in [2.05, 4.69) is 22.8 Å². The summed E-state index contributed by atoms with van der Waals surface area (Å²) < 4.78 is 11.0. The Morgan fingerprint density at radius 3 is 2.06 bits per heavy atom. The number of nitrogens with one attached hydrogen (secondary N) is 2. The fourth-order valence-corrected chi connectivity index (χ4v) is 4.38. The van der Waals surface area contributed by atoms with Crippen molar-refractivity contribution in [1.82, 2.24) is 10.6 Å². The number of alkyl carbamates (subject to hydrolysis) is 1. The largest absolute Gasteiger partial charge is 0.480 e. The van der Waals surface area contributed by atoms with E-state index >= 15 is 0 Å². The Kier molecular flexibility index (Phi) is 8.51. The number of carboxylic acids is 1. The average Bonchev–Trinajstić information content (AvgIpc) is 3.15. The molecule has 1 aliphatic carbocycles. The van der Waals surface area contributed by atoms with Gasteiger partial charge in [-0.15, -0.1) is 0 Å². The van der Waals surface area contributed by atoms with Crippen molar-refractivity contribution in [2.45, 2.75) is 63.6 Å². The highest BCUT2D eigenvalue weighted by Crippen LogP contribution is 2.44. The van der Waals surface area contributed by atoms with Crippen LogP contribution in [0.25, 0.3) is 11.1 Å². The minimum atomic E-state index is -1.12. The zero-order chi connectivity index (χ0) is 25.6. The predicted octanol–water partition coefficient (Wildman–Crippen LogP) is 4.08. The molecule has 2 unspecified atom stereocenters. The monoisotopic (exact) mass is 482 g/mol. The van der Waals surface area contributed by atoms with Crippen LogP contribution < -0.4 is 10.6 Å². The first-order valence-electron chi connectivity index (χ1n) is 11.9. The van der Waals surface area contributed by atoms with Gasteiger partial charge >= 0.3 is 12.1 Å². The average molecular weight is 483 g/mol. The zero-order valence-corrected chi connectivity index (χ0v) is 20.7. The Labute approximate surface area is 206 Å². The smallest absolute Gasteiger partial charge is 0.407 e. The van der Waals surface area contributed by atoms with E-state index in [0.717, 1.165) is 22.3 Å². The molecule has 0 saturated heterocycles. The van der Waals surface area contributed by atoms with Gasteiger partial charge in [-0.3, -0.25) is 4.79 Å². The molecular formula is C27H34N2O6. The zero-order valence-electron chi connectivity index (χ0n) is 20.7. The highest BCUT2D eigenvalue weighted by atomic mass is 16.5. The molecule has 0 fully saturated rings. The summed E-state index contributed by atoms with van der Waals surface area (Å²) in [5, 5.41) is 14.6. The molecular weight excluding hydrogens is 448 g/mol. The molecule has 0 spiro atoms. The molecule has 0 aliphatic heterocycles. The lowest BCUT2D eigenvalue weighted by atomic mass is 9.97. The van der Waals surface area contributed by atoms with Crippen molar-refractivity contribution in [3.05, 3.63) is 59.7 Å². The first-order chi connectivity index (χ1) is 16.7. The van der Waals surface area contributed by atoms with Crippen LogP contribution in [0.5, 0.6) is 0 Å². The van der Waals surface area contributed by atoms with E-state index in [0.29, 0.717) is 6.42 Å². The highest BCUT2D eigenvalue weighted by Gasteiger charge is 2.33. The second kappa shape index (κ2) is 11.4. The number of amides is 2. The fraction of sp³-hybridized carbons (Fsp3) is 0.444. The normalized spacial score (nSPS) is 14.4. The number of ether oxygens (including phenoxy) is 2. The second-order valence-corrected chi connectivity index (χ2v) is 9.38. The molecule has 2 aromatic carbocycles. The van der Waals surface area contributed by atoms with Crippen LogP contribution >= 0.6 is 0 Å². The molecule has 188 valence electrons. The Morgan fingerprint density at radius 1 is 0.971 bits per heavy atom. The van der Waals surface area contributed by atoms with Gasteiger partial charge in [0.15, 0.2) is 0 Å². The van der Waals surface area contributed by atoms with Crippen molar-refractivity contribution in [3.63, 3.8) is 0 Å². The number of rotatable bonds is 11. The third-order valence-corrected chi connectivity index (χ3v) is 6.39. The van der Waals surface area contributed by atoms with Crippen LogP contribution in [0.2, 0.25) is 0 Å². The van der Waals surface area contributed by atoms with Crippen molar-refractivity contribution >= 4 is 18.0 Å². The maximum absolute atomic E-state index is 12.9. The molecule has 0 heterocycles. The van der Waals surface area contributed by atoms with Crippen LogP contribution in [0.4, 0.5) is 4.79 Å². The quantitative estimate of drug-likeness (QED) is 0.445. The van der Waals surface area contributed by atoms with Crippen LogP contribution in [0.1, 0.15) is 57.1 Å². The first kappa shape index (κ1) is 26.2. The van der Waals surface area contributed by atoms with Gasteiger partial charge in [0, 0.05) is 19.4 Å². The molecule has 35 heavy (non-hydrogen) atoms. The lowest BCUT2D eigenvalue weighted by Gasteiger charge is -2.29.